The second-order valence-corrected chi connectivity index (χ2v) is 13.1. The van der Waals surface area contributed by atoms with Crippen LogP contribution in [-0.2, 0) is 33.2 Å². The average Bonchev–Trinajstić information content (AvgIpc) is 2.94. The molecule has 0 fully saturated rings. The number of nitrogens with one attached hydrogen (secondary N) is 2. The molecule has 0 aliphatic rings. The zero-order valence-electron chi connectivity index (χ0n) is 22.3. The average molecular weight is 647 g/mol. The molecule has 17 heteroatoms. The molecule has 43 heavy (non-hydrogen) atoms. The van der Waals surface area contributed by atoms with E-state index in [4.69, 9.17) is 4.55 Å². The van der Waals surface area contributed by atoms with Gasteiger partial charge in [-0.2, -0.15) is 31.8 Å². The van der Waals surface area contributed by atoms with E-state index in [9.17, 15) is 31.5 Å². The van der Waals surface area contributed by atoms with Gasteiger partial charge in [-0.15, -0.1) is 11.8 Å². The lowest BCUT2D eigenvalue weighted by Crippen LogP contribution is -2.11. The topological polar surface area (TPSA) is 215 Å². The normalized spacial score (nSPS) is 11.7. The van der Waals surface area contributed by atoms with Crippen LogP contribution in [0.1, 0.15) is 23.4 Å². The number of hydrogen-bond donors (Lipinski definition) is 4. The van der Waals surface area contributed by atoms with Gasteiger partial charge in [-0.3, -0.25) is 19.2 Å². The Balaban J connectivity index is 1.62. The fourth-order valence-electron chi connectivity index (χ4n) is 3.90. The van der Waals surface area contributed by atoms with E-state index in [1.807, 2.05) is 30.3 Å². The van der Waals surface area contributed by atoms with Crippen LogP contribution in [0.5, 0.6) is 0 Å². The van der Waals surface area contributed by atoms with Gasteiger partial charge in [0.2, 0.25) is 11.9 Å². The maximum Gasteiger partial charge on any atom is 0.294 e. The van der Waals surface area contributed by atoms with Crippen molar-refractivity contribution < 1.29 is 30.9 Å². The van der Waals surface area contributed by atoms with Crippen molar-refractivity contribution >= 4 is 55.3 Å². The third-order valence-electron chi connectivity index (χ3n) is 5.79. The minimum atomic E-state index is -4.51. The molecule has 4 aromatic rings. The highest BCUT2D eigenvalue weighted by Gasteiger charge is 2.19. The van der Waals surface area contributed by atoms with E-state index < -0.39 is 30.9 Å². The summed E-state index contributed by atoms with van der Waals surface area (Å²) in [6.07, 6.45) is 0.0280. The van der Waals surface area contributed by atoms with Gasteiger partial charge < -0.3 is 10.6 Å². The number of benzene rings is 3. The van der Waals surface area contributed by atoms with Gasteiger partial charge in [-0.05, 0) is 41.5 Å². The van der Waals surface area contributed by atoms with Crippen LogP contribution >= 0.6 is 11.8 Å². The van der Waals surface area contributed by atoms with Crippen molar-refractivity contribution in [2.75, 3.05) is 22.1 Å². The molecule has 0 saturated heterocycles. The molecule has 0 radical (unpaired) electrons. The molecular weight excluding hydrogens is 621 g/mol. The SMILES string of the molecule is O=[N+]([O-])c1cc(Nc2nc(Cc3ccccc3S(=O)(=O)O)nc(NCc3ccccc3)n2)ccc1SCCCS(=O)(=O)O. The molecule has 0 saturated carbocycles. The molecule has 4 N–H and O–H groups in total. The van der Waals surface area contributed by atoms with E-state index in [2.05, 4.69) is 25.6 Å². The molecule has 3 aromatic carbocycles. The first-order valence-corrected chi connectivity index (χ1v) is 16.6. The summed E-state index contributed by atoms with van der Waals surface area (Å²) in [6, 6.07) is 19.6. The van der Waals surface area contributed by atoms with Gasteiger partial charge in [0.25, 0.3) is 25.9 Å². The van der Waals surface area contributed by atoms with Crippen LogP contribution in [0.2, 0.25) is 0 Å². The predicted octanol–water partition coefficient (Wildman–Crippen LogP) is 4.34. The van der Waals surface area contributed by atoms with Gasteiger partial charge in [-0.25, -0.2) is 0 Å². The van der Waals surface area contributed by atoms with Crippen LogP contribution in [0.15, 0.2) is 82.6 Å². The summed E-state index contributed by atoms with van der Waals surface area (Å²) < 4.78 is 64.2. The Bertz CT molecular complexity index is 1820. The third kappa shape index (κ3) is 9.69. The van der Waals surface area contributed by atoms with E-state index in [0.29, 0.717) is 11.4 Å². The summed E-state index contributed by atoms with van der Waals surface area (Å²) in [7, 11) is -8.64. The summed E-state index contributed by atoms with van der Waals surface area (Å²) in [6.45, 7) is 0.361. The minimum absolute atomic E-state index is 0.0211. The number of nitro benzene ring substituents is 1. The Morgan fingerprint density at radius 1 is 0.884 bits per heavy atom. The summed E-state index contributed by atoms with van der Waals surface area (Å²) in [5.41, 5.74) is 1.23. The van der Waals surface area contributed by atoms with Crippen LogP contribution in [0.25, 0.3) is 0 Å². The lowest BCUT2D eigenvalue weighted by Gasteiger charge is -2.12. The molecule has 226 valence electrons. The fourth-order valence-corrected chi connectivity index (χ4v) is 6.26. The Hall–Kier alpha value is -4.16. The maximum absolute atomic E-state index is 11.9. The standard InChI is InChI=1S/C26H26N6O8S3/c33-32(34)21-16-20(11-12-22(21)41-13-6-14-42(35,36)37)28-26-30-24(15-19-9-4-5-10-23(19)43(38,39)40)29-25(31-26)27-17-18-7-2-1-3-8-18/h1-5,7-12,16H,6,13-15,17H2,(H,35,36,37)(H,38,39,40)(H2,27,28,29,30,31). The molecule has 0 atom stereocenters. The van der Waals surface area contributed by atoms with Gasteiger partial charge in [0, 0.05) is 24.7 Å². The molecule has 0 bridgehead atoms. The number of nitro groups is 1. The number of thioether (sulfide) groups is 1. The van der Waals surface area contributed by atoms with Crippen molar-refractivity contribution in [3.05, 3.63) is 99.9 Å². The van der Waals surface area contributed by atoms with Crippen molar-refractivity contribution in [1.29, 1.82) is 0 Å². The van der Waals surface area contributed by atoms with Gasteiger partial charge in [0.05, 0.1) is 20.5 Å². The first kappa shape index (κ1) is 31.8. The molecule has 1 heterocycles. The van der Waals surface area contributed by atoms with Crippen molar-refractivity contribution in [1.82, 2.24) is 15.0 Å². The summed E-state index contributed by atoms with van der Waals surface area (Å²) in [4.78, 5) is 24.4. The number of rotatable bonds is 14. The highest BCUT2D eigenvalue weighted by molar-refractivity contribution is 7.99. The first-order chi connectivity index (χ1) is 20.4. The highest BCUT2D eigenvalue weighted by Crippen LogP contribution is 2.33. The van der Waals surface area contributed by atoms with Crippen molar-refractivity contribution in [3.63, 3.8) is 0 Å². The van der Waals surface area contributed by atoms with Crippen LogP contribution in [-0.4, -0.2) is 57.3 Å². The molecule has 14 nitrogen and oxygen atoms in total. The highest BCUT2D eigenvalue weighted by atomic mass is 32.2. The number of anilines is 3. The van der Waals surface area contributed by atoms with E-state index in [1.165, 1.54) is 30.3 Å². The Labute approximate surface area is 251 Å². The van der Waals surface area contributed by atoms with Crippen molar-refractivity contribution in [2.24, 2.45) is 0 Å². The van der Waals surface area contributed by atoms with Crippen LogP contribution in [0.3, 0.4) is 0 Å². The lowest BCUT2D eigenvalue weighted by molar-refractivity contribution is -0.387. The second-order valence-electron chi connectivity index (χ2n) is 9.05. The second kappa shape index (κ2) is 13.9. The zero-order chi connectivity index (χ0) is 31.0. The van der Waals surface area contributed by atoms with Crippen LogP contribution in [0.4, 0.5) is 23.3 Å². The molecule has 1 aromatic heterocycles. The monoisotopic (exact) mass is 646 g/mol. The van der Waals surface area contributed by atoms with E-state index in [-0.39, 0.29) is 58.1 Å². The molecule has 0 spiro atoms. The summed E-state index contributed by atoms with van der Waals surface area (Å²) >= 11 is 1.08. The van der Waals surface area contributed by atoms with Gasteiger partial charge >= 0.3 is 0 Å². The number of aromatic nitrogens is 3. The lowest BCUT2D eigenvalue weighted by atomic mass is 10.1. The largest absolute Gasteiger partial charge is 0.350 e. The number of hydrogen-bond acceptors (Lipinski definition) is 12. The molecule has 0 amide bonds. The van der Waals surface area contributed by atoms with E-state index in [0.717, 1.165) is 17.3 Å². The summed E-state index contributed by atoms with van der Waals surface area (Å²) in [5, 5.41) is 17.8. The Morgan fingerprint density at radius 3 is 2.28 bits per heavy atom. The maximum atomic E-state index is 11.9. The minimum Gasteiger partial charge on any atom is -0.350 e. The van der Waals surface area contributed by atoms with Crippen molar-refractivity contribution in [2.45, 2.75) is 29.2 Å². The fraction of sp³-hybridized carbons (Fsp3) is 0.192. The number of nitrogens with zero attached hydrogens (tertiary/aromatic N) is 4. The predicted molar refractivity (Wildman–Crippen MR) is 161 cm³/mol. The van der Waals surface area contributed by atoms with Crippen LogP contribution in [0, 0.1) is 10.1 Å². The van der Waals surface area contributed by atoms with Crippen molar-refractivity contribution in [3.8, 4) is 0 Å². The van der Waals surface area contributed by atoms with E-state index in [1.54, 1.807) is 12.1 Å². The van der Waals surface area contributed by atoms with E-state index >= 15 is 0 Å². The molecule has 0 aliphatic heterocycles. The van der Waals surface area contributed by atoms with Crippen LogP contribution < -0.4 is 10.6 Å². The Kier molecular flexibility index (Phi) is 10.3. The zero-order valence-corrected chi connectivity index (χ0v) is 24.8. The molecular formula is C26H26N6O8S3. The molecule has 0 unspecified atom stereocenters. The summed E-state index contributed by atoms with van der Waals surface area (Å²) in [5.74, 6) is 0.106. The Morgan fingerprint density at radius 2 is 1.58 bits per heavy atom. The first-order valence-electron chi connectivity index (χ1n) is 12.6. The van der Waals surface area contributed by atoms with Gasteiger partial charge in [0.1, 0.15) is 5.82 Å². The van der Waals surface area contributed by atoms with Gasteiger partial charge in [0.15, 0.2) is 0 Å². The quantitative estimate of drug-likeness (QED) is 0.0493. The third-order valence-corrected chi connectivity index (χ3v) is 8.70. The van der Waals surface area contributed by atoms with Gasteiger partial charge in [-0.1, -0.05) is 48.5 Å². The smallest absolute Gasteiger partial charge is 0.294 e. The molecule has 0 aliphatic carbocycles. The molecule has 4 rings (SSSR count).